The molecule has 0 heterocycles. The number of likely N-dealkylation sites (N-methyl/N-ethyl adjacent to an activating group) is 1. The summed E-state index contributed by atoms with van der Waals surface area (Å²) in [6, 6.07) is 0. The zero-order valence-corrected chi connectivity index (χ0v) is 45.9. The van der Waals surface area contributed by atoms with Crippen molar-refractivity contribution in [3.05, 3.63) is 109 Å². The lowest BCUT2D eigenvalue weighted by Gasteiger charge is -2.24. The molecule has 8 nitrogen and oxygen atoms in total. The number of esters is 1. The second-order valence-electron chi connectivity index (χ2n) is 19.2. The lowest BCUT2D eigenvalue weighted by Crippen LogP contribution is -2.37. The highest BCUT2D eigenvalue weighted by atomic mass is 31.2. The van der Waals surface area contributed by atoms with E-state index in [0.29, 0.717) is 24.1 Å². The molecule has 0 spiro atoms. The van der Waals surface area contributed by atoms with Crippen LogP contribution in [0.15, 0.2) is 109 Å². The minimum absolute atomic E-state index is 0.0801. The van der Waals surface area contributed by atoms with Gasteiger partial charge in [-0.2, -0.15) is 0 Å². The molecule has 0 rings (SSSR count). The molecule has 0 saturated heterocycles. The summed E-state index contributed by atoms with van der Waals surface area (Å²) in [4.78, 5) is 23.1. The monoisotopic (exact) mass is 983 g/mol. The Kier molecular flexibility index (Phi) is 49.4. The Labute approximate surface area is 425 Å². The van der Waals surface area contributed by atoms with Crippen molar-refractivity contribution in [2.75, 3.05) is 54.1 Å². The molecule has 0 aliphatic carbocycles. The maximum absolute atomic E-state index is 12.8. The largest absolute Gasteiger partial charge is 0.472 e. The van der Waals surface area contributed by atoms with Crippen molar-refractivity contribution < 1.29 is 37.3 Å². The number of nitrogens with zero attached hydrogens (tertiary/aromatic N) is 1. The molecule has 0 fully saturated rings. The number of ether oxygens (including phenoxy) is 2. The van der Waals surface area contributed by atoms with Gasteiger partial charge in [-0.25, -0.2) is 4.57 Å². The first-order valence-corrected chi connectivity index (χ1v) is 29.1. The smallest absolute Gasteiger partial charge is 0.457 e. The fourth-order valence-corrected chi connectivity index (χ4v) is 7.90. The number of carbonyl (C=O) groups excluding carboxylic acids is 1. The number of unbranched alkanes of at least 4 members (excludes halogenated alkanes) is 18. The topological polar surface area (TPSA) is 91.3 Å². The Balaban J connectivity index is 4.15. The summed E-state index contributed by atoms with van der Waals surface area (Å²) in [6.07, 6.45) is 72.8. The lowest BCUT2D eigenvalue weighted by molar-refractivity contribution is -0.870. The first kappa shape index (κ1) is 66.2. The lowest BCUT2D eigenvalue weighted by atomic mass is 10.1. The van der Waals surface area contributed by atoms with Gasteiger partial charge in [-0.1, -0.05) is 213 Å². The van der Waals surface area contributed by atoms with Gasteiger partial charge in [0.05, 0.1) is 34.4 Å². The van der Waals surface area contributed by atoms with Crippen LogP contribution in [0.4, 0.5) is 0 Å². The zero-order chi connectivity index (χ0) is 50.5. The Bertz CT molecular complexity index is 1470. The molecule has 0 aliphatic heterocycles. The van der Waals surface area contributed by atoms with Crippen molar-refractivity contribution >= 4 is 13.8 Å². The average Bonchev–Trinajstić information content (AvgIpc) is 3.31. The van der Waals surface area contributed by atoms with Gasteiger partial charge in [0.25, 0.3) is 0 Å². The van der Waals surface area contributed by atoms with E-state index in [1.807, 2.05) is 21.1 Å². The highest BCUT2D eigenvalue weighted by molar-refractivity contribution is 7.47. The van der Waals surface area contributed by atoms with Gasteiger partial charge in [0, 0.05) is 13.0 Å². The Hall–Kier alpha value is -2.84. The van der Waals surface area contributed by atoms with Crippen LogP contribution in [-0.2, 0) is 27.9 Å². The van der Waals surface area contributed by atoms with E-state index in [2.05, 4.69) is 123 Å². The van der Waals surface area contributed by atoms with Crippen molar-refractivity contribution in [1.29, 1.82) is 0 Å². The third-order valence-corrected chi connectivity index (χ3v) is 12.3. The van der Waals surface area contributed by atoms with E-state index < -0.39 is 13.9 Å². The molecule has 0 amide bonds. The number of hydrogen-bond acceptors (Lipinski definition) is 6. The highest BCUT2D eigenvalue weighted by Gasteiger charge is 2.26. The van der Waals surface area contributed by atoms with Gasteiger partial charge in [-0.3, -0.25) is 13.8 Å². The minimum Gasteiger partial charge on any atom is -0.457 e. The van der Waals surface area contributed by atoms with Crippen LogP contribution in [0, 0.1) is 0 Å². The van der Waals surface area contributed by atoms with E-state index in [0.717, 1.165) is 96.3 Å². The molecule has 0 aromatic rings. The molecule has 0 aromatic heterocycles. The predicted molar refractivity (Wildman–Crippen MR) is 297 cm³/mol. The third-order valence-electron chi connectivity index (χ3n) is 11.3. The summed E-state index contributed by atoms with van der Waals surface area (Å²) >= 11 is 0. The van der Waals surface area contributed by atoms with Gasteiger partial charge in [0.15, 0.2) is 0 Å². The summed E-state index contributed by atoms with van der Waals surface area (Å²) in [5.74, 6) is -0.326. The zero-order valence-electron chi connectivity index (χ0n) is 45.0. The molecule has 0 aliphatic rings. The van der Waals surface area contributed by atoms with Crippen molar-refractivity contribution in [2.24, 2.45) is 0 Å². The molecule has 0 saturated carbocycles. The number of phosphoric ester groups is 1. The van der Waals surface area contributed by atoms with E-state index in [1.54, 1.807) is 0 Å². The number of quaternary nitrogens is 1. The normalized spacial score (nSPS) is 14.3. The van der Waals surface area contributed by atoms with E-state index in [1.165, 1.54) is 89.9 Å². The predicted octanol–water partition coefficient (Wildman–Crippen LogP) is 17.5. The third kappa shape index (κ3) is 56.0. The molecule has 9 heteroatoms. The average molecular weight is 983 g/mol. The van der Waals surface area contributed by atoms with Crippen LogP contribution in [-0.4, -0.2) is 75.6 Å². The summed E-state index contributed by atoms with van der Waals surface area (Å²) in [6.45, 7) is 5.37. The van der Waals surface area contributed by atoms with Gasteiger partial charge in [0.2, 0.25) is 0 Å². The summed E-state index contributed by atoms with van der Waals surface area (Å²) in [5.41, 5.74) is 0. The van der Waals surface area contributed by atoms with Gasteiger partial charge in [0.1, 0.15) is 19.3 Å². The number of hydrogen-bond donors (Lipinski definition) is 1. The van der Waals surface area contributed by atoms with Crippen LogP contribution in [0.1, 0.15) is 206 Å². The van der Waals surface area contributed by atoms with Gasteiger partial charge < -0.3 is 18.9 Å². The molecule has 0 bridgehead atoms. The molecule has 0 radical (unpaired) electrons. The molecular weight excluding hydrogens is 878 g/mol. The van der Waals surface area contributed by atoms with Crippen LogP contribution in [0.5, 0.6) is 0 Å². The SMILES string of the molecule is CC/C=C\C/C=C\C/C=C\C/C=C\C/C=C\CCCCCCCCCCCC(=O)OC(COCCCCCCCCCCC/C=C\C/C=C\C/C=C\C/C=C\CC)COP(=O)(O)OCC[N+](C)(C)C. The Morgan fingerprint density at radius 2 is 0.797 bits per heavy atom. The molecule has 2 atom stereocenters. The number of carbonyl (C=O) groups is 1. The van der Waals surface area contributed by atoms with Crippen LogP contribution >= 0.6 is 7.82 Å². The van der Waals surface area contributed by atoms with Crippen molar-refractivity contribution in [1.82, 2.24) is 0 Å². The quantitative estimate of drug-likeness (QED) is 0.0213. The van der Waals surface area contributed by atoms with E-state index >= 15 is 0 Å². The molecule has 1 N–H and O–H groups in total. The summed E-state index contributed by atoms with van der Waals surface area (Å²) < 4.78 is 35.2. The highest BCUT2D eigenvalue weighted by Crippen LogP contribution is 2.43. The maximum atomic E-state index is 12.8. The molecule has 396 valence electrons. The number of phosphoric acid groups is 1. The first-order chi connectivity index (χ1) is 33.6. The second-order valence-corrected chi connectivity index (χ2v) is 20.7. The van der Waals surface area contributed by atoms with Crippen molar-refractivity contribution in [3.8, 4) is 0 Å². The van der Waals surface area contributed by atoms with E-state index in [4.69, 9.17) is 18.5 Å². The van der Waals surface area contributed by atoms with Crippen molar-refractivity contribution in [3.63, 3.8) is 0 Å². The minimum atomic E-state index is -4.30. The fourth-order valence-electron chi connectivity index (χ4n) is 7.16. The first-order valence-electron chi connectivity index (χ1n) is 27.6. The van der Waals surface area contributed by atoms with Crippen molar-refractivity contribution in [2.45, 2.75) is 213 Å². The van der Waals surface area contributed by atoms with E-state index in [-0.39, 0.29) is 25.8 Å². The van der Waals surface area contributed by atoms with Gasteiger partial charge in [-0.15, -0.1) is 0 Å². The molecular formula is C60H105NO7P+. The van der Waals surface area contributed by atoms with Gasteiger partial charge in [-0.05, 0) is 96.3 Å². The van der Waals surface area contributed by atoms with Crippen LogP contribution < -0.4 is 0 Å². The standard InChI is InChI=1S/C60H104NO7P/c1-6-8-10-12-14-16-18-20-22-24-26-28-30-31-32-33-35-37-39-41-43-45-47-49-51-53-60(62)68-59(58-67-69(63,64)66-56-54-61(3,4)5)57-65-55-52-50-48-46-44-42-40-38-36-34-29-27-25-23-21-19-17-15-13-11-9-7-2/h8-11,14-17,20-23,26-29,31-32,59H,6-7,12-13,18-19,24-25,30,33-58H2,1-5H3/p+1/b10-8-,11-9-,16-14-,17-15-,22-20-,23-21-,28-26-,29-27-,32-31-. The Morgan fingerprint density at radius 1 is 0.449 bits per heavy atom. The van der Waals surface area contributed by atoms with Crippen LogP contribution in [0.25, 0.3) is 0 Å². The Morgan fingerprint density at radius 3 is 1.19 bits per heavy atom. The van der Waals surface area contributed by atoms with Crippen LogP contribution in [0.3, 0.4) is 0 Å². The maximum Gasteiger partial charge on any atom is 0.472 e. The summed E-state index contributed by atoms with van der Waals surface area (Å²) in [5, 5.41) is 0. The second kappa shape index (κ2) is 51.5. The van der Waals surface area contributed by atoms with E-state index in [9.17, 15) is 14.3 Å². The number of allylic oxidation sites excluding steroid dienone is 18. The van der Waals surface area contributed by atoms with Crippen LogP contribution in [0.2, 0.25) is 0 Å². The molecule has 2 unspecified atom stereocenters. The summed E-state index contributed by atoms with van der Waals surface area (Å²) in [7, 11) is 1.64. The van der Waals surface area contributed by atoms with Gasteiger partial charge >= 0.3 is 13.8 Å². The molecule has 69 heavy (non-hydrogen) atoms. The fraction of sp³-hybridized carbons (Fsp3) is 0.683. The number of rotatable bonds is 50. The molecule has 0 aromatic carbocycles.